The number of rotatable bonds is 5. The Morgan fingerprint density at radius 2 is 1.83 bits per heavy atom. The summed E-state index contributed by atoms with van der Waals surface area (Å²) in [7, 11) is 0. The van der Waals surface area contributed by atoms with E-state index >= 15 is 0 Å². The first kappa shape index (κ1) is 18.9. The molecule has 1 saturated heterocycles. The summed E-state index contributed by atoms with van der Waals surface area (Å²) >= 11 is 1.53. The summed E-state index contributed by atoms with van der Waals surface area (Å²) in [4.78, 5) is 30.7. The summed E-state index contributed by atoms with van der Waals surface area (Å²) in [5.74, 6) is 0.875. The fourth-order valence-electron chi connectivity index (χ4n) is 3.89. The fraction of sp³-hybridized carbons (Fsp3) is 0.273. The largest absolute Gasteiger partial charge is 0.339 e. The SMILES string of the molecule is O=C(Cn1c(-c2cscn2)nc2ccccc21)N1CCN(Cc2ccncc2)CC1. The average molecular weight is 419 g/mol. The van der Waals surface area contributed by atoms with Crippen molar-refractivity contribution in [2.45, 2.75) is 13.1 Å². The molecule has 8 heteroatoms. The zero-order valence-corrected chi connectivity index (χ0v) is 17.3. The fourth-order valence-corrected chi connectivity index (χ4v) is 4.42. The van der Waals surface area contributed by atoms with Crippen molar-refractivity contribution in [1.82, 2.24) is 29.3 Å². The van der Waals surface area contributed by atoms with Crippen molar-refractivity contribution in [1.29, 1.82) is 0 Å². The number of hydrogen-bond acceptors (Lipinski definition) is 6. The number of thiazole rings is 1. The van der Waals surface area contributed by atoms with Crippen molar-refractivity contribution in [2.24, 2.45) is 0 Å². The summed E-state index contributed by atoms with van der Waals surface area (Å²) in [6.45, 7) is 4.39. The topological polar surface area (TPSA) is 67.2 Å². The second-order valence-corrected chi connectivity index (χ2v) is 8.12. The number of piperazine rings is 1. The van der Waals surface area contributed by atoms with Crippen molar-refractivity contribution in [3.05, 3.63) is 65.2 Å². The highest BCUT2D eigenvalue weighted by Crippen LogP contribution is 2.25. The molecule has 3 aromatic heterocycles. The van der Waals surface area contributed by atoms with Crippen molar-refractivity contribution >= 4 is 28.3 Å². The Hall–Kier alpha value is -3.10. The van der Waals surface area contributed by atoms with Crippen LogP contribution in [0.4, 0.5) is 0 Å². The molecule has 1 aliphatic rings. The number of aromatic nitrogens is 4. The third kappa shape index (κ3) is 3.83. The van der Waals surface area contributed by atoms with Gasteiger partial charge in [0.05, 0.1) is 16.5 Å². The van der Waals surface area contributed by atoms with Crippen LogP contribution in [0.25, 0.3) is 22.6 Å². The van der Waals surface area contributed by atoms with Gasteiger partial charge in [-0.25, -0.2) is 9.97 Å². The molecular weight excluding hydrogens is 396 g/mol. The molecule has 1 aromatic carbocycles. The van der Waals surface area contributed by atoms with Gasteiger partial charge in [0.1, 0.15) is 12.2 Å². The maximum absolute atomic E-state index is 13.1. The number of amides is 1. The summed E-state index contributed by atoms with van der Waals surface area (Å²) in [5.41, 5.74) is 5.71. The second-order valence-electron chi connectivity index (χ2n) is 7.40. The van der Waals surface area contributed by atoms with Crippen LogP contribution in [0.1, 0.15) is 5.56 Å². The zero-order chi connectivity index (χ0) is 20.3. The van der Waals surface area contributed by atoms with Crippen LogP contribution in [0.3, 0.4) is 0 Å². The lowest BCUT2D eigenvalue weighted by Crippen LogP contribution is -2.49. The molecule has 0 atom stereocenters. The maximum atomic E-state index is 13.1. The van der Waals surface area contributed by atoms with Gasteiger partial charge in [0.15, 0.2) is 5.82 Å². The smallest absolute Gasteiger partial charge is 0.242 e. The molecule has 7 nitrogen and oxygen atoms in total. The minimum absolute atomic E-state index is 0.123. The number of carbonyl (C=O) groups is 1. The Morgan fingerprint density at radius 1 is 1.03 bits per heavy atom. The number of benzene rings is 1. The lowest BCUT2D eigenvalue weighted by molar-refractivity contribution is -0.133. The van der Waals surface area contributed by atoms with Crippen LogP contribution in [0, 0.1) is 0 Å². The molecule has 1 aliphatic heterocycles. The molecule has 4 heterocycles. The molecule has 0 radical (unpaired) electrons. The van der Waals surface area contributed by atoms with Crippen LogP contribution >= 0.6 is 11.3 Å². The summed E-state index contributed by atoms with van der Waals surface area (Å²) in [6.07, 6.45) is 3.65. The molecule has 4 aromatic rings. The minimum Gasteiger partial charge on any atom is -0.339 e. The van der Waals surface area contributed by atoms with Crippen LogP contribution in [-0.2, 0) is 17.9 Å². The first-order valence-corrected chi connectivity index (χ1v) is 10.9. The third-order valence-electron chi connectivity index (χ3n) is 5.49. The quantitative estimate of drug-likeness (QED) is 0.499. The highest BCUT2D eigenvalue weighted by molar-refractivity contribution is 7.07. The van der Waals surface area contributed by atoms with Crippen molar-refractivity contribution in [3.63, 3.8) is 0 Å². The molecule has 1 amide bonds. The Morgan fingerprint density at radius 3 is 2.60 bits per heavy atom. The van der Waals surface area contributed by atoms with Crippen molar-refractivity contribution in [3.8, 4) is 11.5 Å². The van der Waals surface area contributed by atoms with E-state index in [2.05, 4.69) is 14.9 Å². The molecule has 5 rings (SSSR count). The van der Waals surface area contributed by atoms with Crippen molar-refractivity contribution in [2.75, 3.05) is 26.2 Å². The lowest BCUT2D eigenvalue weighted by Gasteiger charge is -2.35. The molecule has 0 spiro atoms. The molecule has 152 valence electrons. The third-order valence-corrected chi connectivity index (χ3v) is 6.08. The van der Waals surface area contributed by atoms with Gasteiger partial charge < -0.3 is 9.47 Å². The van der Waals surface area contributed by atoms with E-state index in [1.807, 2.05) is 63.6 Å². The molecular formula is C22H22N6OS. The van der Waals surface area contributed by atoms with Gasteiger partial charge in [0.25, 0.3) is 0 Å². The van der Waals surface area contributed by atoms with E-state index in [0.717, 1.165) is 55.3 Å². The average Bonchev–Trinajstić information content (AvgIpc) is 3.43. The molecule has 0 unspecified atom stereocenters. The standard InChI is InChI=1S/C22H22N6OS/c29-21(27-11-9-26(10-12-27)13-17-5-7-23-8-6-17)14-28-20-4-2-1-3-18(20)25-22(28)19-15-30-16-24-19/h1-8,15-16H,9-14H2. The number of imidazole rings is 1. The first-order valence-electron chi connectivity index (χ1n) is 10.0. The van der Waals surface area contributed by atoms with E-state index in [0.29, 0.717) is 0 Å². The predicted molar refractivity (Wildman–Crippen MR) is 117 cm³/mol. The molecule has 0 N–H and O–H groups in total. The number of pyridine rings is 1. The van der Waals surface area contributed by atoms with Crippen LogP contribution in [0.2, 0.25) is 0 Å². The molecule has 30 heavy (non-hydrogen) atoms. The summed E-state index contributed by atoms with van der Waals surface area (Å²) in [5, 5.41) is 1.97. The van der Waals surface area contributed by atoms with E-state index in [1.165, 1.54) is 16.9 Å². The van der Waals surface area contributed by atoms with E-state index in [1.54, 1.807) is 5.51 Å². The van der Waals surface area contributed by atoms with Crippen LogP contribution < -0.4 is 0 Å². The van der Waals surface area contributed by atoms with E-state index in [4.69, 9.17) is 4.98 Å². The monoisotopic (exact) mass is 418 g/mol. The predicted octanol–water partition coefficient (Wildman–Crippen LogP) is 2.90. The van der Waals surface area contributed by atoms with Gasteiger partial charge in [-0.15, -0.1) is 11.3 Å². The summed E-state index contributed by atoms with van der Waals surface area (Å²) < 4.78 is 2.00. The zero-order valence-electron chi connectivity index (χ0n) is 16.5. The summed E-state index contributed by atoms with van der Waals surface area (Å²) in [6, 6.07) is 12.0. The Labute approximate surface area is 178 Å². The van der Waals surface area contributed by atoms with E-state index < -0.39 is 0 Å². The Bertz CT molecular complexity index is 1130. The van der Waals surface area contributed by atoms with Gasteiger partial charge in [-0.1, -0.05) is 12.1 Å². The van der Waals surface area contributed by atoms with Gasteiger partial charge in [0, 0.05) is 50.5 Å². The number of nitrogens with zero attached hydrogens (tertiary/aromatic N) is 6. The second kappa shape index (κ2) is 8.33. The first-order chi connectivity index (χ1) is 14.8. The lowest BCUT2D eigenvalue weighted by atomic mass is 10.2. The van der Waals surface area contributed by atoms with Gasteiger partial charge in [-0.05, 0) is 29.8 Å². The molecule has 1 fully saturated rings. The van der Waals surface area contributed by atoms with E-state index in [-0.39, 0.29) is 12.5 Å². The van der Waals surface area contributed by atoms with Gasteiger partial charge in [-0.3, -0.25) is 14.7 Å². The van der Waals surface area contributed by atoms with Crippen LogP contribution in [-0.4, -0.2) is 61.4 Å². The van der Waals surface area contributed by atoms with Gasteiger partial charge in [-0.2, -0.15) is 0 Å². The molecule has 0 aliphatic carbocycles. The highest BCUT2D eigenvalue weighted by atomic mass is 32.1. The van der Waals surface area contributed by atoms with Gasteiger partial charge in [0.2, 0.25) is 5.91 Å². The highest BCUT2D eigenvalue weighted by Gasteiger charge is 2.23. The Kier molecular flexibility index (Phi) is 5.25. The number of fused-ring (bicyclic) bond motifs is 1. The Balaban J connectivity index is 1.29. The number of hydrogen-bond donors (Lipinski definition) is 0. The number of carbonyl (C=O) groups excluding carboxylic acids is 1. The van der Waals surface area contributed by atoms with Crippen LogP contribution in [0.15, 0.2) is 59.7 Å². The van der Waals surface area contributed by atoms with Crippen molar-refractivity contribution < 1.29 is 4.79 Å². The minimum atomic E-state index is 0.123. The van der Waals surface area contributed by atoms with Crippen LogP contribution in [0.5, 0.6) is 0 Å². The van der Waals surface area contributed by atoms with Gasteiger partial charge >= 0.3 is 0 Å². The molecule has 0 saturated carbocycles. The molecule has 0 bridgehead atoms. The normalized spacial score (nSPS) is 15.0. The number of para-hydroxylation sites is 2. The maximum Gasteiger partial charge on any atom is 0.242 e. The van der Waals surface area contributed by atoms with E-state index in [9.17, 15) is 4.79 Å².